The molecule has 1 aliphatic rings. The molecule has 1 aromatic carbocycles. The number of rotatable bonds is 2. The van der Waals surface area contributed by atoms with Gasteiger partial charge in [-0.15, -0.1) is 11.3 Å². The largest absolute Gasteiger partial charge is 0.399 e. The lowest BCUT2D eigenvalue weighted by Crippen LogP contribution is -2.65. The van der Waals surface area contributed by atoms with Gasteiger partial charge in [-0.3, -0.25) is 4.79 Å². The summed E-state index contributed by atoms with van der Waals surface area (Å²) in [6, 6.07) is 7.54. The summed E-state index contributed by atoms with van der Waals surface area (Å²) >= 11 is 1.47. The van der Waals surface area contributed by atoms with Gasteiger partial charge in [-0.1, -0.05) is 13.8 Å². The van der Waals surface area contributed by atoms with Gasteiger partial charge in [-0.25, -0.2) is 0 Å². The number of nitrogens with zero attached hydrogens (tertiary/aromatic N) is 1. The number of thiophene rings is 1. The van der Waals surface area contributed by atoms with Crippen LogP contribution in [0.1, 0.15) is 23.5 Å². The number of carbonyl (C=O) groups excluding carboxylic acids is 1. The second-order valence-corrected chi connectivity index (χ2v) is 6.91. The van der Waals surface area contributed by atoms with Gasteiger partial charge in [0.25, 0.3) is 5.91 Å². The van der Waals surface area contributed by atoms with Crippen molar-refractivity contribution in [1.29, 1.82) is 0 Å². The maximum Gasteiger partial charge on any atom is 0.264 e. The normalized spacial score (nSPS) is 17.5. The number of nitrogen functional groups attached to an aromatic ring is 1. The van der Waals surface area contributed by atoms with Crippen LogP contribution in [0, 0.1) is 5.92 Å². The molecule has 20 heavy (non-hydrogen) atoms. The predicted octanol–water partition coefficient (Wildman–Crippen LogP) is 2.33. The maximum atomic E-state index is 12.4. The molecular weight excluding hydrogens is 272 g/mol. The molecule has 4 nitrogen and oxygen atoms in total. The van der Waals surface area contributed by atoms with Gasteiger partial charge < -0.3 is 15.7 Å². The number of amides is 1. The lowest BCUT2D eigenvalue weighted by Gasteiger charge is -2.48. The number of hydrogen-bond acceptors (Lipinski definition) is 4. The Morgan fingerprint density at radius 1 is 1.40 bits per heavy atom. The van der Waals surface area contributed by atoms with Crippen LogP contribution in [0.25, 0.3) is 10.1 Å². The highest BCUT2D eigenvalue weighted by Gasteiger charge is 2.46. The average molecular weight is 290 g/mol. The first-order chi connectivity index (χ1) is 9.39. The number of nitrogens with two attached hydrogens (primary N) is 1. The van der Waals surface area contributed by atoms with Crippen molar-refractivity contribution in [2.45, 2.75) is 19.4 Å². The Kier molecular flexibility index (Phi) is 2.99. The van der Waals surface area contributed by atoms with Crippen LogP contribution >= 0.6 is 11.3 Å². The number of fused-ring (bicyclic) bond motifs is 1. The number of likely N-dealkylation sites (tertiary alicyclic amines) is 1. The quantitative estimate of drug-likeness (QED) is 0.834. The van der Waals surface area contributed by atoms with E-state index in [1.807, 2.05) is 38.1 Å². The van der Waals surface area contributed by atoms with Crippen molar-refractivity contribution < 1.29 is 9.90 Å². The van der Waals surface area contributed by atoms with E-state index in [-0.39, 0.29) is 11.8 Å². The molecule has 3 rings (SSSR count). The Morgan fingerprint density at radius 3 is 2.75 bits per heavy atom. The Bertz CT molecular complexity index is 672. The molecule has 1 aromatic heterocycles. The topological polar surface area (TPSA) is 66.6 Å². The molecule has 1 aliphatic heterocycles. The molecule has 0 unspecified atom stereocenters. The van der Waals surface area contributed by atoms with Gasteiger partial charge in [0.2, 0.25) is 0 Å². The van der Waals surface area contributed by atoms with E-state index in [4.69, 9.17) is 5.73 Å². The van der Waals surface area contributed by atoms with Crippen molar-refractivity contribution in [3.8, 4) is 0 Å². The Labute approximate surface area is 121 Å². The minimum absolute atomic E-state index is 0.00454. The zero-order valence-corrected chi connectivity index (χ0v) is 12.4. The van der Waals surface area contributed by atoms with Gasteiger partial charge in [0.15, 0.2) is 0 Å². The SMILES string of the molecule is CC(C)C1(O)CN(C(=O)c2cc3cc(N)ccc3s2)C1. The number of β-amino-alcohol motifs (C(OH)–C–C–N with tert-alkyl or cyclic N) is 1. The van der Waals surface area contributed by atoms with Gasteiger partial charge in [-0.2, -0.15) is 0 Å². The van der Waals surface area contributed by atoms with Crippen LogP contribution in [0.15, 0.2) is 24.3 Å². The molecular formula is C15H18N2O2S. The molecule has 1 amide bonds. The first-order valence-corrected chi connectivity index (χ1v) is 7.51. The minimum Gasteiger partial charge on any atom is -0.399 e. The van der Waals surface area contributed by atoms with Crippen molar-refractivity contribution in [3.63, 3.8) is 0 Å². The van der Waals surface area contributed by atoms with Gasteiger partial charge >= 0.3 is 0 Å². The van der Waals surface area contributed by atoms with E-state index in [0.29, 0.717) is 23.7 Å². The third-order valence-corrected chi connectivity index (χ3v) is 5.15. The Morgan fingerprint density at radius 2 is 2.10 bits per heavy atom. The monoisotopic (exact) mass is 290 g/mol. The summed E-state index contributed by atoms with van der Waals surface area (Å²) in [5.74, 6) is 0.156. The fraction of sp³-hybridized carbons (Fsp3) is 0.400. The molecule has 0 aliphatic carbocycles. The molecule has 0 radical (unpaired) electrons. The lowest BCUT2D eigenvalue weighted by atomic mass is 9.83. The molecule has 1 saturated heterocycles. The summed E-state index contributed by atoms with van der Waals surface area (Å²) < 4.78 is 1.06. The van der Waals surface area contributed by atoms with E-state index < -0.39 is 5.60 Å². The third-order valence-electron chi connectivity index (χ3n) is 4.04. The second kappa shape index (κ2) is 4.46. The third kappa shape index (κ3) is 2.07. The molecule has 3 N–H and O–H groups in total. The maximum absolute atomic E-state index is 12.4. The first-order valence-electron chi connectivity index (χ1n) is 6.70. The van der Waals surface area contributed by atoms with E-state index in [1.165, 1.54) is 11.3 Å². The highest BCUT2D eigenvalue weighted by molar-refractivity contribution is 7.20. The highest BCUT2D eigenvalue weighted by Crippen LogP contribution is 2.33. The summed E-state index contributed by atoms with van der Waals surface area (Å²) in [6.07, 6.45) is 0. The molecule has 2 heterocycles. The lowest BCUT2D eigenvalue weighted by molar-refractivity contribution is -0.110. The number of anilines is 1. The summed E-state index contributed by atoms with van der Waals surface area (Å²) in [6.45, 7) is 4.79. The van der Waals surface area contributed by atoms with Crippen molar-refractivity contribution in [3.05, 3.63) is 29.1 Å². The van der Waals surface area contributed by atoms with Crippen molar-refractivity contribution in [2.24, 2.45) is 5.92 Å². The van der Waals surface area contributed by atoms with E-state index in [1.54, 1.807) is 4.90 Å². The van der Waals surface area contributed by atoms with Crippen LogP contribution < -0.4 is 5.73 Å². The second-order valence-electron chi connectivity index (χ2n) is 5.83. The van der Waals surface area contributed by atoms with E-state index in [0.717, 1.165) is 10.1 Å². The first kappa shape index (κ1) is 13.4. The molecule has 5 heteroatoms. The molecule has 0 saturated carbocycles. The van der Waals surface area contributed by atoms with Crippen LogP contribution in [0.3, 0.4) is 0 Å². The highest BCUT2D eigenvalue weighted by atomic mass is 32.1. The predicted molar refractivity (Wildman–Crippen MR) is 81.9 cm³/mol. The Hall–Kier alpha value is -1.59. The zero-order chi connectivity index (χ0) is 14.5. The van der Waals surface area contributed by atoms with Crippen LogP contribution in [0.2, 0.25) is 0 Å². The summed E-state index contributed by atoms with van der Waals surface area (Å²) in [7, 11) is 0. The summed E-state index contributed by atoms with van der Waals surface area (Å²) in [4.78, 5) is 14.8. The molecule has 0 atom stereocenters. The van der Waals surface area contributed by atoms with E-state index in [2.05, 4.69) is 0 Å². The smallest absolute Gasteiger partial charge is 0.264 e. The van der Waals surface area contributed by atoms with Crippen molar-refractivity contribution in [1.82, 2.24) is 4.90 Å². The molecule has 106 valence electrons. The number of hydrogen-bond donors (Lipinski definition) is 2. The van der Waals surface area contributed by atoms with Gasteiger partial charge in [-0.05, 0) is 35.6 Å². The molecule has 1 fully saturated rings. The van der Waals surface area contributed by atoms with E-state index >= 15 is 0 Å². The number of benzene rings is 1. The van der Waals surface area contributed by atoms with Gasteiger partial charge in [0.05, 0.1) is 18.0 Å². The van der Waals surface area contributed by atoms with Crippen molar-refractivity contribution >= 4 is 33.0 Å². The van der Waals surface area contributed by atoms with Crippen LogP contribution in [0.5, 0.6) is 0 Å². The fourth-order valence-corrected chi connectivity index (χ4v) is 3.46. The fourth-order valence-electron chi connectivity index (χ4n) is 2.45. The zero-order valence-electron chi connectivity index (χ0n) is 11.6. The average Bonchev–Trinajstić information content (AvgIpc) is 2.76. The number of carbonyl (C=O) groups is 1. The van der Waals surface area contributed by atoms with Crippen molar-refractivity contribution in [2.75, 3.05) is 18.8 Å². The van der Waals surface area contributed by atoms with Crippen LogP contribution in [-0.2, 0) is 0 Å². The molecule has 0 bridgehead atoms. The van der Waals surface area contributed by atoms with Gasteiger partial charge in [0.1, 0.15) is 5.60 Å². The summed E-state index contributed by atoms with van der Waals surface area (Å²) in [5, 5.41) is 11.2. The molecule has 2 aromatic rings. The van der Waals surface area contributed by atoms with Gasteiger partial charge in [0, 0.05) is 10.4 Å². The summed E-state index contributed by atoms with van der Waals surface area (Å²) in [5.41, 5.74) is 5.73. The number of aliphatic hydroxyl groups is 1. The van der Waals surface area contributed by atoms with Crippen LogP contribution in [0.4, 0.5) is 5.69 Å². The minimum atomic E-state index is -0.725. The van der Waals surface area contributed by atoms with E-state index in [9.17, 15) is 9.90 Å². The molecule has 0 spiro atoms. The van der Waals surface area contributed by atoms with Crippen LogP contribution in [-0.4, -0.2) is 34.6 Å². The Balaban J connectivity index is 1.80. The standard InChI is InChI=1S/C15H18N2O2S/c1-9(2)15(19)7-17(8-15)14(18)13-6-10-5-11(16)3-4-12(10)20-13/h3-6,9,19H,7-8,16H2,1-2H3.